The minimum Gasteiger partial charge on any atom is -0.468 e. The Kier molecular flexibility index (Phi) is 3.97. The van der Waals surface area contributed by atoms with Crippen LogP contribution in [0.5, 0.6) is 0 Å². The molecule has 1 spiro atoms. The van der Waals surface area contributed by atoms with Gasteiger partial charge in [0, 0.05) is 11.3 Å². The zero-order valence-corrected chi connectivity index (χ0v) is 11.3. The lowest BCUT2D eigenvalue weighted by Crippen LogP contribution is -2.47. The van der Waals surface area contributed by atoms with E-state index in [0.717, 1.165) is 16.8 Å². The SMILES string of the molecule is COC(=O)CN=C1NC2(CCCC(C)C2)CS1. The lowest BCUT2D eigenvalue weighted by molar-refractivity contribution is -0.138. The number of rotatable bonds is 2. The molecule has 1 saturated carbocycles. The normalized spacial score (nSPS) is 34.9. The summed E-state index contributed by atoms with van der Waals surface area (Å²) in [4.78, 5) is 15.3. The van der Waals surface area contributed by atoms with Crippen molar-refractivity contribution in [3.63, 3.8) is 0 Å². The highest BCUT2D eigenvalue weighted by atomic mass is 32.2. The number of nitrogens with zero attached hydrogens (tertiary/aromatic N) is 1. The number of nitrogens with one attached hydrogen (secondary N) is 1. The number of aliphatic imine (C=N–C) groups is 1. The van der Waals surface area contributed by atoms with Gasteiger partial charge in [-0.3, -0.25) is 9.79 Å². The number of hydrogen-bond acceptors (Lipinski definition) is 4. The number of carbonyl (C=O) groups is 1. The number of carbonyl (C=O) groups excluding carboxylic acids is 1. The van der Waals surface area contributed by atoms with Crippen molar-refractivity contribution < 1.29 is 9.53 Å². The summed E-state index contributed by atoms with van der Waals surface area (Å²) in [5, 5.41) is 4.43. The summed E-state index contributed by atoms with van der Waals surface area (Å²) >= 11 is 1.73. The van der Waals surface area contributed by atoms with Crippen LogP contribution in [0.15, 0.2) is 4.99 Å². The third kappa shape index (κ3) is 3.15. The van der Waals surface area contributed by atoms with Gasteiger partial charge in [-0.05, 0) is 18.8 Å². The highest BCUT2D eigenvalue weighted by Gasteiger charge is 2.40. The minimum absolute atomic E-state index is 0.122. The van der Waals surface area contributed by atoms with Gasteiger partial charge in [-0.1, -0.05) is 31.5 Å². The summed E-state index contributed by atoms with van der Waals surface area (Å²) in [7, 11) is 1.39. The Labute approximate surface area is 107 Å². The van der Waals surface area contributed by atoms with E-state index in [1.54, 1.807) is 11.8 Å². The van der Waals surface area contributed by atoms with E-state index in [4.69, 9.17) is 0 Å². The van der Waals surface area contributed by atoms with E-state index in [-0.39, 0.29) is 18.1 Å². The molecule has 17 heavy (non-hydrogen) atoms. The number of hydrogen-bond donors (Lipinski definition) is 1. The standard InChI is InChI=1S/C12H20N2O2S/c1-9-4-3-5-12(6-9)8-17-11(14-12)13-7-10(15)16-2/h9H,3-8H2,1-2H3,(H,13,14). The lowest BCUT2D eigenvalue weighted by Gasteiger charge is -2.36. The van der Waals surface area contributed by atoms with Gasteiger partial charge in [0.1, 0.15) is 6.54 Å². The Hall–Kier alpha value is -0.710. The van der Waals surface area contributed by atoms with Crippen molar-refractivity contribution in [1.82, 2.24) is 5.32 Å². The lowest BCUT2D eigenvalue weighted by atomic mass is 9.78. The molecule has 2 unspecified atom stereocenters. The molecular weight excluding hydrogens is 236 g/mol. The van der Waals surface area contributed by atoms with Crippen LogP contribution in [0.3, 0.4) is 0 Å². The third-order valence-corrected chi connectivity index (χ3v) is 4.73. The van der Waals surface area contributed by atoms with E-state index >= 15 is 0 Å². The summed E-state index contributed by atoms with van der Waals surface area (Å²) in [6.45, 7) is 2.44. The molecule has 1 aliphatic carbocycles. The maximum absolute atomic E-state index is 11.0. The average molecular weight is 256 g/mol. The molecule has 2 atom stereocenters. The fraction of sp³-hybridized carbons (Fsp3) is 0.833. The van der Waals surface area contributed by atoms with Gasteiger partial charge in [-0.2, -0.15) is 0 Å². The van der Waals surface area contributed by atoms with Crippen LogP contribution in [0.2, 0.25) is 0 Å². The van der Waals surface area contributed by atoms with Crippen LogP contribution in [0.25, 0.3) is 0 Å². The van der Waals surface area contributed by atoms with Crippen molar-refractivity contribution in [2.24, 2.45) is 10.9 Å². The summed E-state index contributed by atoms with van der Waals surface area (Å²) < 4.78 is 4.58. The van der Waals surface area contributed by atoms with Crippen LogP contribution in [-0.4, -0.2) is 36.1 Å². The van der Waals surface area contributed by atoms with Crippen molar-refractivity contribution in [3.05, 3.63) is 0 Å². The monoisotopic (exact) mass is 256 g/mol. The van der Waals surface area contributed by atoms with Crippen molar-refractivity contribution in [1.29, 1.82) is 0 Å². The maximum Gasteiger partial charge on any atom is 0.327 e. The minimum atomic E-state index is -0.280. The first-order valence-electron chi connectivity index (χ1n) is 6.16. The molecule has 0 radical (unpaired) electrons. The number of ether oxygens (including phenoxy) is 1. The Morgan fingerprint density at radius 1 is 1.71 bits per heavy atom. The van der Waals surface area contributed by atoms with Crippen molar-refractivity contribution in [2.75, 3.05) is 19.4 Å². The van der Waals surface area contributed by atoms with Gasteiger partial charge in [0.2, 0.25) is 0 Å². The topological polar surface area (TPSA) is 50.7 Å². The smallest absolute Gasteiger partial charge is 0.327 e. The summed E-state index contributed by atoms with van der Waals surface area (Å²) in [5.41, 5.74) is 0.233. The molecule has 96 valence electrons. The Bertz CT molecular complexity index is 332. The average Bonchev–Trinajstić information content (AvgIpc) is 2.69. The first-order valence-corrected chi connectivity index (χ1v) is 7.14. The largest absolute Gasteiger partial charge is 0.468 e. The fourth-order valence-electron chi connectivity index (χ4n) is 2.70. The Balaban J connectivity index is 1.92. The van der Waals surface area contributed by atoms with Crippen LogP contribution < -0.4 is 5.32 Å². The molecule has 2 fully saturated rings. The molecule has 2 aliphatic rings. The van der Waals surface area contributed by atoms with E-state index in [2.05, 4.69) is 22.0 Å². The number of methoxy groups -OCH3 is 1. The summed E-state index contributed by atoms with van der Waals surface area (Å²) in [5.74, 6) is 1.59. The Morgan fingerprint density at radius 2 is 2.53 bits per heavy atom. The molecule has 0 aromatic heterocycles. The highest BCUT2D eigenvalue weighted by Crippen LogP contribution is 2.38. The van der Waals surface area contributed by atoms with E-state index in [9.17, 15) is 4.79 Å². The molecule has 1 heterocycles. The van der Waals surface area contributed by atoms with Crippen LogP contribution in [0.4, 0.5) is 0 Å². The van der Waals surface area contributed by atoms with E-state index in [1.165, 1.54) is 32.8 Å². The van der Waals surface area contributed by atoms with Crippen LogP contribution in [0, 0.1) is 5.92 Å². The highest BCUT2D eigenvalue weighted by molar-refractivity contribution is 8.14. The first kappa shape index (κ1) is 12.7. The van der Waals surface area contributed by atoms with E-state index in [0.29, 0.717) is 0 Å². The van der Waals surface area contributed by atoms with Crippen LogP contribution >= 0.6 is 11.8 Å². The number of amidine groups is 1. The fourth-order valence-corrected chi connectivity index (χ4v) is 3.89. The second-order valence-corrected chi connectivity index (χ2v) is 6.06. The Morgan fingerprint density at radius 3 is 3.24 bits per heavy atom. The van der Waals surface area contributed by atoms with Crippen LogP contribution in [0.1, 0.15) is 32.6 Å². The zero-order valence-electron chi connectivity index (χ0n) is 10.5. The second kappa shape index (κ2) is 5.29. The first-order chi connectivity index (χ1) is 8.13. The van der Waals surface area contributed by atoms with Gasteiger partial charge in [0.15, 0.2) is 5.17 Å². The van der Waals surface area contributed by atoms with Crippen molar-refractivity contribution in [3.8, 4) is 0 Å². The molecule has 5 heteroatoms. The van der Waals surface area contributed by atoms with E-state index < -0.39 is 0 Å². The second-order valence-electron chi connectivity index (χ2n) is 5.09. The number of thioether (sulfide) groups is 1. The van der Waals surface area contributed by atoms with Crippen molar-refractivity contribution >= 4 is 22.9 Å². The van der Waals surface area contributed by atoms with Gasteiger partial charge in [-0.15, -0.1) is 0 Å². The molecule has 1 saturated heterocycles. The van der Waals surface area contributed by atoms with E-state index in [1.807, 2.05) is 0 Å². The van der Waals surface area contributed by atoms with Gasteiger partial charge in [0.05, 0.1) is 7.11 Å². The van der Waals surface area contributed by atoms with Gasteiger partial charge < -0.3 is 10.1 Å². The predicted octanol–water partition coefficient (Wildman–Crippen LogP) is 1.80. The van der Waals surface area contributed by atoms with Gasteiger partial charge in [0.25, 0.3) is 0 Å². The molecule has 0 bridgehead atoms. The third-order valence-electron chi connectivity index (χ3n) is 3.53. The number of esters is 1. The predicted molar refractivity (Wildman–Crippen MR) is 70.3 cm³/mol. The molecule has 0 aromatic rings. The molecule has 1 N–H and O–H groups in total. The molecule has 0 aromatic carbocycles. The molecule has 2 rings (SSSR count). The van der Waals surface area contributed by atoms with Crippen LogP contribution in [-0.2, 0) is 9.53 Å². The molecule has 0 amide bonds. The van der Waals surface area contributed by atoms with Gasteiger partial charge in [-0.25, -0.2) is 0 Å². The summed E-state index contributed by atoms with van der Waals surface area (Å²) in [6.07, 6.45) is 5.07. The quantitative estimate of drug-likeness (QED) is 0.765. The maximum atomic E-state index is 11.0. The molecule has 4 nitrogen and oxygen atoms in total. The molecule has 1 aliphatic heterocycles. The zero-order chi connectivity index (χ0) is 12.3. The van der Waals surface area contributed by atoms with Crippen molar-refractivity contribution in [2.45, 2.75) is 38.1 Å². The molecular formula is C12H20N2O2S. The van der Waals surface area contributed by atoms with Gasteiger partial charge >= 0.3 is 5.97 Å². The summed E-state index contributed by atoms with van der Waals surface area (Å²) in [6, 6.07) is 0.